The molecule has 2 atom stereocenters. The SMILES string of the molecule is CC(C)[C@H](N)C(=O)NCC(=O)N1CCCCC1c1ccccc1C(F)(F)F.Cl. The number of carbonyl (C=O) groups excluding carboxylic acids is 2. The third kappa shape index (κ3) is 5.85. The highest BCUT2D eigenvalue weighted by Gasteiger charge is 2.38. The van der Waals surface area contributed by atoms with E-state index in [0.29, 0.717) is 13.0 Å². The molecule has 1 saturated heterocycles. The van der Waals surface area contributed by atoms with Gasteiger partial charge in [0.25, 0.3) is 0 Å². The zero-order valence-electron chi connectivity index (χ0n) is 16.0. The van der Waals surface area contributed by atoms with Crippen LogP contribution in [0.15, 0.2) is 24.3 Å². The van der Waals surface area contributed by atoms with Crippen molar-refractivity contribution in [2.45, 2.75) is 51.4 Å². The van der Waals surface area contributed by atoms with Gasteiger partial charge in [-0.15, -0.1) is 12.4 Å². The second kappa shape index (κ2) is 10.1. The van der Waals surface area contributed by atoms with Crippen LogP contribution in [0.25, 0.3) is 0 Å². The van der Waals surface area contributed by atoms with Crippen LogP contribution < -0.4 is 11.1 Å². The maximum absolute atomic E-state index is 13.4. The molecule has 5 nitrogen and oxygen atoms in total. The van der Waals surface area contributed by atoms with Crippen molar-refractivity contribution in [2.24, 2.45) is 11.7 Å². The van der Waals surface area contributed by atoms with Crippen molar-refractivity contribution >= 4 is 24.2 Å². The number of benzene rings is 1. The third-order valence-corrected chi connectivity index (χ3v) is 4.88. The highest BCUT2D eigenvalue weighted by atomic mass is 35.5. The van der Waals surface area contributed by atoms with Crippen LogP contribution in [-0.2, 0) is 15.8 Å². The van der Waals surface area contributed by atoms with Crippen molar-refractivity contribution in [3.63, 3.8) is 0 Å². The molecule has 0 aliphatic carbocycles. The number of likely N-dealkylation sites (tertiary alicyclic amines) is 1. The highest BCUT2D eigenvalue weighted by Crippen LogP contribution is 2.39. The number of hydrogen-bond acceptors (Lipinski definition) is 3. The Labute approximate surface area is 169 Å². The first-order chi connectivity index (χ1) is 12.6. The van der Waals surface area contributed by atoms with E-state index in [1.54, 1.807) is 19.9 Å². The Morgan fingerprint density at radius 3 is 2.50 bits per heavy atom. The average Bonchev–Trinajstić information content (AvgIpc) is 2.64. The molecule has 0 aromatic heterocycles. The van der Waals surface area contributed by atoms with Crippen LogP contribution in [0.1, 0.15) is 50.3 Å². The molecule has 9 heteroatoms. The molecule has 0 bridgehead atoms. The van der Waals surface area contributed by atoms with Gasteiger partial charge >= 0.3 is 6.18 Å². The van der Waals surface area contributed by atoms with Gasteiger partial charge in [0.2, 0.25) is 11.8 Å². The maximum atomic E-state index is 13.4. The molecule has 1 aromatic carbocycles. The Balaban J connectivity index is 0.00000392. The normalized spacial score (nSPS) is 18.4. The summed E-state index contributed by atoms with van der Waals surface area (Å²) in [6.45, 7) is 3.67. The van der Waals surface area contributed by atoms with E-state index >= 15 is 0 Å². The number of alkyl halides is 3. The van der Waals surface area contributed by atoms with Crippen molar-refractivity contribution in [3.8, 4) is 0 Å². The minimum absolute atomic E-state index is 0. The summed E-state index contributed by atoms with van der Waals surface area (Å²) < 4.78 is 40.1. The summed E-state index contributed by atoms with van der Waals surface area (Å²) in [4.78, 5) is 26.0. The van der Waals surface area contributed by atoms with Gasteiger partial charge < -0.3 is 16.0 Å². The number of nitrogens with zero attached hydrogens (tertiary/aromatic N) is 1. The van der Waals surface area contributed by atoms with Crippen LogP contribution in [0.2, 0.25) is 0 Å². The van der Waals surface area contributed by atoms with Crippen LogP contribution >= 0.6 is 12.4 Å². The van der Waals surface area contributed by atoms with Crippen LogP contribution in [0.4, 0.5) is 13.2 Å². The molecule has 158 valence electrons. The molecular formula is C19H27ClF3N3O2. The summed E-state index contributed by atoms with van der Waals surface area (Å²) in [6, 6.07) is 3.96. The number of halogens is 4. The van der Waals surface area contributed by atoms with E-state index in [2.05, 4.69) is 5.32 Å². The lowest BCUT2D eigenvalue weighted by Crippen LogP contribution is -2.49. The summed E-state index contributed by atoms with van der Waals surface area (Å²) >= 11 is 0. The van der Waals surface area contributed by atoms with Crippen LogP contribution in [0, 0.1) is 5.92 Å². The number of carbonyl (C=O) groups is 2. The minimum atomic E-state index is -4.49. The molecular weight excluding hydrogens is 395 g/mol. The molecule has 1 fully saturated rings. The standard InChI is InChI=1S/C19H26F3N3O2.ClH/c1-12(2)17(23)18(27)24-11-16(26)25-10-6-5-9-15(25)13-7-3-4-8-14(13)19(20,21)22;/h3-4,7-8,12,15,17H,5-6,9-11,23H2,1-2H3,(H,24,27);1H/t15?,17-;/m0./s1. The quantitative estimate of drug-likeness (QED) is 0.766. The largest absolute Gasteiger partial charge is 0.416 e. The van der Waals surface area contributed by atoms with Crippen molar-refractivity contribution < 1.29 is 22.8 Å². The lowest BCUT2D eigenvalue weighted by molar-refractivity contribution is -0.141. The Morgan fingerprint density at radius 2 is 1.89 bits per heavy atom. The first-order valence-electron chi connectivity index (χ1n) is 9.11. The van der Waals surface area contributed by atoms with Gasteiger partial charge in [-0.3, -0.25) is 9.59 Å². The van der Waals surface area contributed by atoms with E-state index in [9.17, 15) is 22.8 Å². The zero-order chi connectivity index (χ0) is 20.2. The van der Waals surface area contributed by atoms with Gasteiger partial charge in [-0.1, -0.05) is 32.0 Å². The van der Waals surface area contributed by atoms with Crippen LogP contribution in [0.3, 0.4) is 0 Å². The number of rotatable bonds is 5. The highest BCUT2D eigenvalue weighted by molar-refractivity contribution is 5.87. The lowest BCUT2D eigenvalue weighted by Gasteiger charge is -2.37. The lowest BCUT2D eigenvalue weighted by atomic mass is 9.91. The van der Waals surface area contributed by atoms with Gasteiger partial charge in [-0.25, -0.2) is 0 Å². The molecule has 1 aliphatic rings. The summed E-state index contributed by atoms with van der Waals surface area (Å²) in [5.74, 6) is -0.926. The van der Waals surface area contributed by atoms with Crippen molar-refractivity contribution in [1.29, 1.82) is 0 Å². The maximum Gasteiger partial charge on any atom is 0.416 e. The monoisotopic (exact) mass is 421 g/mol. The van der Waals surface area contributed by atoms with E-state index in [0.717, 1.165) is 18.9 Å². The Morgan fingerprint density at radius 1 is 1.25 bits per heavy atom. The number of nitrogens with one attached hydrogen (secondary N) is 1. The smallest absolute Gasteiger partial charge is 0.346 e. The second-order valence-electron chi connectivity index (χ2n) is 7.17. The number of piperidine rings is 1. The molecule has 2 rings (SSSR count). The van der Waals surface area contributed by atoms with Gasteiger partial charge in [-0.05, 0) is 36.8 Å². The molecule has 0 radical (unpaired) electrons. The topological polar surface area (TPSA) is 75.4 Å². The van der Waals surface area contributed by atoms with Crippen molar-refractivity contribution in [2.75, 3.05) is 13.1 Å². The van der Waals surface area contributed by atoms with Crippen LogP contribution in [-0.4, -0.2) is 35.8 Å². The summed E-state index contributed by atoms with van der Waals surface area (Å²) in [5, 5.41) is 2.50. The van der Waals surface area contributed by atoms with Gasteiger partial charge in [-0.2, -0.15) is 13.2 Å². The van der Waals surface area contributed by atoms with Crippen LogP contribution in [0.5, 0.6) is 0 Å². The molecule has 0 spiro atoms. The molecule has 28 heavy (non-hydrogen) atoms. The molecule has 2 amide bonds. The Bertz CT molecular complexity index is 683. The summed E-state index contributed by atoms with van der Waals surface area (Å²) in [5.41, 5.74) is 5.13. The molecule has 0 saturated carbocycles. The van der Waals surface area contributed by atoms with E-state index in [1.807, 2.05) is 0 Å². The predicted octanol–water partition coefficient (Wildman–Crippen LogP) is 3.28. The number of amides is 2. The minimum Gasteiger partial charge on any atom is -0.346 e. The molecule has 1 aliphatic heterocycles. The van der Waals surface area contributed by atoms with Crippen molar-refractivity contribution in [1.82, 2.24) is 10.2 Å². The Kier molecular flexibility index (Phi) is 8.75. The van der Waals surface area contributed by atoms with Gasteiger partial charge in [0.1, 0.15) is 0 Å². The van der Waals surface area contributed by atoms with Crippen molar-refractivity contribution in [3.05, 3.63) is 35.4 Å². The second-order valence-corrected chi connectivity index (χ2v) is 7.17. The first kappa shape index (κ1) is 24.2. The fourth-order valence-electron chi connectivity index (χ4n) is 3.28. The number of hydrogen-bond donors (Lipinski definition) is 2. The molecule has 3 N–H and O–H groups in total. The van der Waals surface area contributed by atoms with E-state index in [-0.39, 0.29) is 30.4 Å². The van der Waals surface area contributed by atoms with Gasteiger partial charge in [0.05, 0.1) is 24.2 Å². The van der Waals surface area contributed by atoms with Gasteiger partial charge in [0, 0.05) is 6.54 Å². The number of nitrogens with two attached hydrogens (primary N) is 1. The third-order valence-electron chi connectivity index (χ3n) is 4.88. The van der Waals surface area contributed by atoms with Gasteiger partial charge in [0.15, 0.2) is 0 Å². The molecule has 1 unspecified atom stereocenters. The summed E-state index contributed by atoms with van der Waals surface area (Å²) in [6.07, 6.45) is -2.57. The predicted molar refractivity (Wildman–Crippen MR) is 103 cm³/mol. The van der Waals surface area contributed by atoms with E-state index < -0.39 is 35.6 Å². The zero-order valence-corrected chi connectivity index (χ0v) is 16.8. The Hall–Kier alpha value is -1.80. The summed E-state index contributed by atoms with van der Waals surface area (Å²) in [7, 11) is 0. The fraction of sp³-hybridized carbons (Fsp3) is 0.579. The van der Waals surface area contributed by atoms with E-state index in [1.165, 1.54) is 17.0 Å². The molecule has 1 heterocycles. The fourth-order valence-corrected chi connectivity index (χ4v) is 3.28. The first-order valence-corrected chi connectivity index (χ1v) is 9.11. The average molecular weight is 422 g/mol. The molecule has 1 aromatic rings. The van der Waals surface area contributed by atoms with E-state index in [4.69, 9.17) is 5.73 Å².